The first-order valence-electron chi connectivity index (χ1n) is 12.0. The summed E-state index contributed by atoms with van der Waals surface area (Å²) in [6, 6.07) is 4.20. The Bertz CT molecular complexity index is 921. The Kier molecular flexibility index (Phi) is 7.16. The third-order valence-corrected chi connectivity index (χ3v) is 7.29. The molecule has 0 amide bonds. The van der Waals surface area contributed by atoms with Crippen LogP contribution in [0.2, 0.25) is 0 Å². The summed E-state index contributed by atoms with van der Waals surface area (Å²) in [6.45, 7) is 1.23. The van der Waals surface area contributed by atoms with Crippen molar-refractivity contribution in [2.75, 3.05) is 31.3 Å². The second-order valence-corrected chi connectivity index (χ2v) is 9.45. The van der Waals surface area contributed by atoms with Crippen LogP contribution in [0.15, 0.2) is 18.5 Å². The molecule has 2 aromatic rings. The number of aromatic nitrogens is 2. The molecule has 0 saturated heterocycles. The van der Waals surface area contributed by atoms with Crippen molar-refractivity contribution in [2.45, 2.75) is 75.7 Å². The van der Waals surface area contributed by atoms with Gasteiger partial charge >= 0.3 is 0 Å². The average molecular weight is 440 g/mol. The van der Waals surface area contributed by atoms with Gasteiger partial charge in [0.15, 0.2) is 0 Å². The lowest BCUT2D eigenvalue weighted by Crippen LogP contribution is -2.32. The van der Waals surface area contributed by atoms with E-state index in [-0.39, 0.29) is 11.2 Å². The number of hydrogen-bond donors (Lipinski definition) is 4. The molecule has 0 radical (unpaired) electrons. The van der Waals surface area contributed by atoms with Crippen molar-refractivity contribution in [3.63, 3.8) is 0 Å². The van der Waals surface area contributed by atoms with Gasteiger partial charge in [-0.1, -0.05) is 32.1 Å². The molecule has 7 heteroatoms. The van der Waals surface area contributed by atoms with Gasteiger partial charge in [-0.2, -0.15) is 0 Å². The van der Waals surface area contributed by atoms with Crippen LogP contribution < -0.4 is 16.8 Å². The molecule has 1 spiro atoms. The Morgan fingerprint density at radius 1 is 1.12 bits per heavy atom. The van der Waals surface area contributed by atoms with Crippen LogP contribution in [-0.2, 0) is 16.6 Å². The largest absolute Gasteiger partial charge is 0.506 e. The Hall–Kier alpha value is -2.38. The van der Waals surface area contributed by atoms with Gasteiger partial charge in [-0.25, -0.2) is 9.97 Å². The van der Waals surface area contributed by atoms with Gasteiger partial charge in [0.05, 0.1) is 18.0 Å². The highest BCUT2D eigenvalue weighted by Crippen LogP contribution is 2.54. The van der Waals surface area contributed by atoms with Crippen molar-refractivity contribution < 1.29 is 9.84 Å². The Morgan fingerprint density at radius 2 is 1.88 bits per heavy atom. The molecule has 0 aliphatic heterocycles. The molecule has 0 bridgehead atoms. The number of phenolic OH excluding ortho intramolecular Hbond substituents is 1. The van der Waals surface area contributed by atoms with Crippen molar-refractivity contribution in [1.29, 1.82) is 0 Å². The number of anilines is 2. The number of fused-ring (bicyclic) bond motifs is 4. The average Bonchev–Trinajstić information content (AvgIpc) is 3.25. The van der Waals surface area contributed by atoms with Crippen molar-refractivity contribution in [2.24, 2.45) is 5.73 Å². The van der Waals surface area contributed by atoms with E-state index in [9.17, 15) is 5.11 Å². The fourth-order valence-electron chi connectivity index (χ4n) is 5.68. The predicted octanol–water partition coefficient (Wildman–Crippen LogP) is 4.14. The molecular weight excluding hydrogens is 402 g/mol. The number of hydrogen-bond acceptors (Lipinski definition) is 7. The number of nitrogen functional groups attached to an aromatic ring is 1. The first kappa shape index (κ1) is 22.8. The van der Waals surface area contributed by atoms with E-state index in [4.69, 9.17) is 16.2 Å². The highest BCUT2D eigenvalue weighted by atomic mass is 16.5. The molecule has 1 aromatic carbocycles. The van der Waals surface area contributed by atoms with Gasteiger partial charge in [0.2, 0.25) is 0 Å². The first-order chi connectivity index (χ1) is 15.6. The van der Waals surface area contributed by atoms with Crippen LogP contribution in [0, 0.1) is 0 Å². The zero-order valence-electron chi connectivity index (χ0n) is 19.2. The van der Waals surface area contributed by atoms with E-state index in [1.165, 1.54) is 51.3 Å². The number of methoxy groups -OCH3 is 1. The fourth-order valence-corrected chi connectivity index (χ4v) is 5.68. The highest BCUT2D eigenvalue weighted by Gasteiger charge is 2.44. The monoisotopic (exact) mass is 439 g/mol. The third kappa shape index (κ3) is 4.55. The number of phenols is 1. The number of rotatable bonds is 4. The van der Waals surface area contributed by atoms with Crippen molar-refractivity contribution >= 4 is 11.5 Å². The predicted molar refractivity (Wildman–Crippen MR) is 129 cm³/mol. The van der Waals surface area contributed by atoms with Crippen LogP contribution in [0.5, 0.6) is 5.75 Å². The normalized spacial score (nSPS) is 19.1. The topological polar surface area (TPSA) is 119 Å². The Morgan fingerprint density at radius 3 is 2.53 bits per heavy atom. The summed E-state index contributed by atoms with van der Waals surface area (Å²) in [4.78, 5) is 8.85. The molecule has 32 heavy (non-hydrogen) atoms. The summed E-state index contributed by atoms with van der Waals surface area (Å²) < 4.78 is 5.13. The van der Waals surface area contributed by atoms with Gasteiger partial charge < -0.3 is 26.6 Å². The molecule has 3 aliphatic carbocycles. The third-order valence-electron chi connectivity index (χ3n) is 7.29. The summed E-state index contributed by atoms with van der Waals surface area (Å²) >= 11 is 0. The minimum atomic E-state index is -0.0147. The van der Waals surface area contributed by atoms with E-state index in [2.05, 4.69) is 15.3 Å². The maximum Gasteiger partial charge on any atom is 0.139 e. The molecule has 1 heterocycles. The summed E-state index contributed by atoms with van der Waals surface area (Å²) in [5.74, 6) is 0.869. The van der Waals surface area contributed by atoms with Gasteiger partial charge in [0.1, 0.15) is 17.9 Å². The molecule has 2 saturated carbocycles. The van der Waals surface area contributed by atoms with Gasteiger partial charge in [-0.3, -0.25) is 0 Å². The molecule has 1 aromatic heterocycles. The summed E-state index contributed by atoms with van der Waals surface area (Å²) in [6.07, 6.45) is 13.6. The van der Waals surface area contributed by atoms with Crippen LogP contribution in [0.4, 0.5) is 11.5 Å². The lowest BCUT2D eigenvalue weighted by atomic mass is 9.68. The van der Waals surface area contributed by atoms with Crippen molar-refractivity contribution in [3.05, 3.63) is 29.6 Å². The zero-order valence-corrected chi connectivity index (χ0v) is 19.2. The molecule has 3 aliphatic rings. The lowest BCUT2D eigenvalue weighted by Gasteiger charge is -2.37. The molecule has 0 unspecified atom stereocenters. The molecule has 2 fully saturated rings. The Labute approximate surface area is 191 Å². The maximum absolute atomic E-state index is 10.4. The van der Waals surface area contributed by atoms with E-state index in [0.29, 0.717) is 25.0 Å². The van der Waals surface area contributed by atoms with Gasteiger partial charge in [-0.05, 0) is 49.8 Å². The first-order valence-corrected chi connectivity index (χ1v) is 12.0. The maximum atomic E-state index is 10.4. The van der Waals surface area contributed by atoms with Crippen LogP contribution in [0.1, 0.15) is 68.9 Å². The zero-order chi connectivity index (χ0) is 22.6. The number of benzene rings is 1. The van der Waals surface area contributed by atoms with Crippen LogP contribution in [0.25, 0.3) is 11.3 Å². The number of nitrogens with one attached hydrogen (secondary N) is 1. The van der Waals surface area contributed by atoms with Crippen LogP contribution >= 0.6 is 0 Å². The SMILES string of the molecule is COCCNc1c(O)ccc2c1CC1(CCCC1)c1c(N)ncnc1-2.NC1CCCCC1. The highest BCUT2D eigenvalue weighted by molar-refractivity contribution is 5.82. The molecule has 0 atom stereocenters. The smallest absolute Gasteiger partial charge is 0.139 e. The van der Waals surface area contributed by atoms with Crippen molar-refractivity contribution in [3.8, 4) is 17.0 Å². The minimum Gasteiger partial charge on any atom is -0.506 e. The number of ether oxygens (including phenoxy) is 1. The van der Waals surface area contributed by atoms with E-state index < -0.39 is 0 Å². The van der Waals surface area contributed by atoms with Crippen molar-refractivity contribution in [1.82, 2.24) is 9.97 Å². The number of nitrogens with two attached hydrogens (primary N) is 2. The second kappa shape index (κ2) is 10.0. The molecule has 7 nitrogen and oxygen atoms in total. The molecule has 174 valence electrons. The Balaban J connectivity index is 0.000000300. The van der Waals surface area contributed by atoms with Crippen LogP contribution in [0.3, 0.4) is 0 Å². The molecule has 5 rings (SSSR count). The number of aromatic hydroxyl groups is 1. The molecular formula is C25H37N5O2. The van der Waals surface area contributed by atoms with Crippen LogP contribution in [-0.4, -0.2) is 41.4 Å². The quantitative estimate of drug-likeness (QED) is 0.417. The lowest BCUT2D eigenvalue weighted by molar-refractivity contribution is 0.210. The summed E-state index contributed by atoms with van der Waals surface area (Å²) in [7, 11) is 1.67. The van der Waals surface area contributed by atoms with E-state index in [1.807, 2.05) is 6.07 Å². The summed E-state index contributed by atoms with van der Waals surface area (Å²) in [5.41, 5.74) is 16.9. The summed E-state index contributed by atoms with van der Waals surface area (Å²) in [5, 5.41) is 13.8. The standard InChI is InChI=1S/C19H24N4O2.C6H13N/c1-25-9-8-21-16-13-10-19(6-2-3-7-19)15-17(22-11-23-18(15)20)12(13)4-5-14(16)24;7-6-4-2-1-3-5-6/h4-5,11,21,24H,2-3,6-10H2,1H3,(H2,20,22,23);6H,1-5,7H2. The number of nitrogens with zero attached hydrogens (tertiary/aromatic N) is 2. The molecule has 6 N–H and O–H groups in total. The van der Waals surface area contributed by atoms with E-state index in [0.717, 1.165) is 47.3 Å². The van der Waals surface area contributed by atoms with Gasteiger partial charge in [0.25, 0.3) is 0 Å². The second-order valence-electron chi connectivity index (χ2n) is 9.45. The van der Waals surface area contributed by atoms with E-state index in [1.54, 1.807) is 13.2 Å². The van der Waals surface area contributed by atoms with Gasteiger partial charge in [0, 0.05) is 36.2 Å². The van der Waals surface area contributed by atoms with Gasteiger partial charge in [-0.15, -0.1) is 0 Å². The minimum absolute atomic E-state index is 0.0147. The fraction of sp³-hybridized carbons (Fsp3) is 0.600. The van der Waals surface area contributed by atoms with E-state index >= 15 is 0 Å².